The monoisotopic (exact) mass is 333 g/mol. The van der Waals surface area contributed by atoms with Gasteiger partial charge in [0.2, 0.25) is 6.79 Å². The Hall–Kier alpha value is -3.41. The minimum Gasteiger partial charge on any atom is -0.454 e. The van der Waals surface area contributed by atoms with Crippen molar-refractivity contribution in [2.75, 3.05) is 6.79 Å². The number of benzene rings is 2. The molecule has 0 radical (unpaired) electrons. The van der Waals surface area contributed by atoms with E-state index in [0.29, 0.717) is 28.1 Å². The molecular formula is C19H12FN3O2. The first-order valence-electron chi connectivity index (χ1n) is 7.77. The molecule has 0 bridgehead atoms. The first-order chi connectivity index (χ1) is 12.3. The van der Waals surface area contributed by atoms with Crippen LogP contribution < -0.4 is 9.47 Å². The highest BCUT2D eigenvalue weighted by Crippen LogP contribution is 2.35. The summed E-state index contributed by atoms with van der Waals surface area (Å²) in [5, 5.41) is 0. The number of fused-ring (bicyclic) bond motifs is 2. The summed E-state index contributed by atoms with van der Waals surface area (Å²) in [5.41, 5.74) is 3.06. The Balaban J connectivity index is 1.72. The molecular weight excluding hydrogens is 321 g/mol. The third-order valence-corrected chi connectivity index (χ3v) is 4.27. The Morgan fingerprint density at radius 2 is 1.80 bits per heavy atom. The maximum absolute atomic E-state index is 15.3. The highest BCUT2D eigenvalue weighted by Gasteiger charge is 2.18. The molecule has 0 amide bonds. The first kappa shape index (κ1) is 14.0. The number of ether oxygens (including phenoxy) is 2. The maximum Gasteiger partial charge on any atom is 0.231 e. The topological polar surface area (TPSA) is 49.2 Å². The van der Waals surface area contributed by atoms with Crippen LogP contribution in [0.4, 0.5) is 4.39 Å². The van der Waals surface area contributed by atoms with Crippen LogP contribution in [0.15, 0.2) is 61.2 Å². The number of aromatic nitrogens is 3. The van der Waals surface area contributed by atoms with Crippen LogP contribution in [0.5, 0.6) is 11.5 Å². The SMILES string of the molecule is Fc1c(-c2ccncc2)ccc2ncn(-c3ccc4c(c3)OCO4)c12. The average molecular weight is 333 g/mol. The fourth-order valence-electron chi connectivity index (χ4n) is 3.05. The van der Waals surface area contributed by atoms with Gasteiger partial charge in [-0.15, -0.1) is 0 Å². The van der Waals surface area contributed by atoms with E-state index in [0.717, 1.165) is 11.3 Å². The number of imidazole rings is 1. The van der Waals surface area contributed by atoms with Crippen molar-refractivity contribution in [1.29, 1.82) is 0 Å². The van der Waals surface area contributed by atoms with Crippen molar-refractivity contribution in [2.24, 2.45) is 0 Å². The third-order valence-electron chi connectivity index (χ3n) is 4.27. The lowest BCUT2D eigenvalue weighted by atomic mass is 10.1. The molecule has 2 aromatic heterocycles. The molecule has 6 heteroatoms. The van der Waals surface area contributed by atoms with Crippen LogP contribution in [-0.2, 0) is 0 Å². The molecule has 0 unspecified atom stereocenters. The molecule has 0 saturated carbocycles. The second-order valence-electron chi connectivity index (χ2n) is 5.68. The maximum atomic E-state index is 15.3. The summed E-state index contributed by atoms with van der Waals surface area (Å²) < 4.78 is 27.7. The van der Waals surface area contributed by atoms with Crippen LogP contribution in [0.3, 0.4) is 0 Å². The summed E-state index contributed by atoms with van der Waals surface area (Å²) in [6.45, 7) is 0.198. The molecule has 3 heterocycles. The van der Waals surface area contributed by atoms with Crippen LogP contribution in [0, 0.1) is 5.82 Å². The van der Waals surface area contributed by atoms with E-state index in [1.165, 1.54) is 0 Å². The molecule has 1 aliphatic rings. The van der Waals surface area contributed by atoms with E-state index < -0.39 is 0 Å². The van der Waals surface area contributed by atoms with Crippen LogP contribution in [-0.4, -0.2) is 21.3 Å². The Morgan fingerprint density at radius 3 is 2.68 bits per heavy atom. The molecule has 2 aromatic carbocycles. The van der Waals surface area contributed by atoms with Crippen molar-refractivity contribution in [3.63, 3.8) is 0 Å². The first-order valence-corrected chi connectivity index (χ1v) is 7.77. The van der Waals surface area contributed by atoms with Crippen molar-refractivity contribution < 1.29 is 13.9 Å². The van der Waals surface area contributed by atoms with Crippen molar-refractivity contribution in [1.82, 2.24) is 14.5 Å². The molecule has 25 heavy (non-hydrogen) atoms. The van der Waals surface area contributed by atoms with Gasteiger partial charge in [0, 0.05) is 24.0 Å². The Bertz CT molecular complexity index is 1090. The van der Waals surface area contributed by atoms with E-state index in [9.17, 15) is 0 Å². The van der Waals surface area contributed by atoms with Gasteiger partial charge in [0.25, 0.3) is 0 Å². The molecule has 0 spiro atoms. The van der Waals surface area contributed by atoms with Gasteiger partial charge in [-0.05, 0) is 42.0 Å². The van der Waals surface area contributed by atoms with Gasteiger partial charge in [-0.2, -0.15) is 0 Å². The lowest BCUT2D eigenvalue weighted by molar-refractivity contribution is 0.174. The number of pyridine rings is 1. The van der Waals surface area contributed by atoms with Gasteiger partial charge in [0.1, 0.15) is 11.8 Å². The minimum atomic E-state index is -0.320. The Labute approximate surface area is 142 Å². The summed E-state index contributed by atoms with van der Waals surface area (Å²) >= 11 is 0. The van der Waals surface area contributed by atoms with Gasteiger partial charge in [-0.3, -0.25) is 9.55 Å². The second-order valence-corrected chi connectivity index (χ2v) is 5.68. The summed E-state index contributed by atoms with van der Waals surface area (Å²) in [5.74, 6) is 1.01. The zero-order valence-electron chi connectivity index (χ0n) is 13.0. The zero-order valence-corrected chi connectivity index (χ0v) is 13.0. The lowest BCUT2D eigenvalue weighted by Gasteiger charge is -2.09. The van der Waals surface area contributed by atoms with Gasteiger partial charge < -0.3 is 9.47 Å². The van der Waals surface area contributed by atoms with Crippen molar-refractivity contribution in [3.8, 4) is 28.3 Å². The van der Waals surface area contributed by atoms with E-state index in [-0.39, 0.29) is 12.6 Å². The van der Waals surface area contributed by atoms with Gasteiger partial charge in [0.05, 0.1) is 11.2 Å². The Kier molecular flexibility index (Phi) is 2.97. The Morgan fingerprint density at radius 1 is 0.960 bits per heavy atom. The molecule has 5 rings (SSSR count). The van der Waals surface area contributed by atoms with Crippen LogP contribution >= 0.6 is 0 Å². The normalized spacial score (nSPS) is 12.7. The highest BCUT2D eigenvalue weighted by molar-refractivity contribution is 5.84. The van der Waals surface area contributed by atoms with E-state index in [4.69, 9.17) is 9.47 Å². The minimum absolute atomic E-state index is 0.198. The molecule has 0 saturated heterocycles. The molecule has 0 N–H and O–H groups in total. The van der Waals surface area contributed by atoms with Crippen molar-refractivity contribution in [2.45, 2.75) is 0 Å². The summed E-state index contributed by atoms with van der Waals surface area (Å²) in [4.78, 5) is 8.31. The van der Waals surface area contributed by atoms with E-state index in [2.05, 4.69) is 9.97 Å². The fraction of sp³-hybridized carbons (Fsp3) is 0.0526. The van der Waals surface area contributed by atoms with Gasteiger partial charge >= 0.3 is 0 Å². The number of hydrogen-bond donors (Lipinski definition) is 0. The zero-order chi connectivity index (χ0) is 16.8. The highest BCUT2D eigenvalue weighted by atomic mass is 19.1. The van der Waals surface area contributed by atoms with Gasteiger partial charge in [0.15, 0.2) is 17.3 Å². The van der Waals surface area contributed by atoms with Crippen LogP contribution in [0.2, 0.25) is 0 Å². The van der Waals surface area contributed by atoms with Crippen LogP contribution in [0.25, 0.3) is 27.8 Å². The molecule has 4 aromatic rings. The summed E-state index contributed by atoms with van der Waals surface area (Å²) in [7, 11) is 0. The standard InChI is InChI=1S/C19H12FN3O2/c20-18-14(12-5-7-21-8-6-12)2-3-15-19(18)23(10-22-15)13-1-4-16-17(9-13)25-11-24-16/h1-10H,11H2. The fourth-order valence-corrected chi connectivity index (χ4v) is 3.05. The van der Waals surface area contributed by atoms with Crippen molar-refractivity contribution >= 4 is 11.0 Å². The molecule has 5 nitrogen and oxygen atoms in total. The largest absolute Gasteiger partial charge is 0.454 e. The second kappa shape index (κ2) is 5.31. The third kappa shape index (κ3) is 2.15. The quantitative estimate of drug-likeness (QED) is 0.557. The molecule has 0 fully saturated rings. The predicted molar refractivity (Wildman–Crippen MR) is 90.4 cm³/mol. The molecule has 0 atom stereocenters. The number of rotatable bonds is 2. The summed E-state index contributed by atoms with van der Waals surface area (Å²) in [6.07, 6.45) is 4.91. The summed E-state index contributed by atoms with van der Waals surface area (Å²) in [6, 6.07) is 12.6. The predicted octanol–water partition coefficient (Wildman–Crippen LogP) is 3.96. The van der Waals surface area contributed by atoms with Gasteiger partial charge in [-0.1, -0.05) is 0 Å². The molecule has 1 aliphatic heterocycles. The number of hydrogen-bond acceptors (Lipinski definition) is 4. The van der Waals surface area contributed by atoms with Crippen molar-refractivity contribution in [3.05, 3.63) is 67.0 Å². The van der Waals surface area contributed by atoms with Gasteiger partial charge in [-0.25, -0.2) is 9.37 Å². The van der Waals surface area contributed by atoms with E-state index >= 15 is 4.39 Å². The number of nitrogens with zero attached hydrogens (tertiary/aromatic N) is 3. The lowest BCUT2D eigenvalue weighted by Crippen LogP contribution is -1.96. The average Bonchev–Trinajstić information content (AvgIpc) is 3.29. The molecule has 0 aliphatic carbocycles. The van der Waals surface area contributed by atoms with Crippen LogP contribution in [0.1, 0.15) is 0 Å². The molecule has 122 valence electrons. The van der Waals surface area contributed by atoms with E-state index in [1.54, 1.807) is 41.5 Å². The van der Waals surface area contributed by atoms with E-state index in [1.807, 2.05) is 24.3 Å². The number of halogens is 1. The smallest absolute Gasteiger partial charge is 0.231 e.